The van der Waals surface area contributed by atoms with Crippen LogP contribution in [0.15, 0.2) is 12.1 Å². The molecule has 0 saturated carbocycles. The van der Waals surface area contributed by atoms with Crippen molar-refractivity contribution < 1.29 is 15.0 Å². The maximum absolute atomic E-state index is 11.7. The van der Waals surface area contributed by atoms with Crippen molar-refractivity contribution in [2.24, 2.45) is 0 Å². The number of carboxylic acid groups (broad SMARTS) is 1. The molecule has 0 bridgehead atoms. The van der Waals surface area contributed by atoms with Gasteiger partial charge >= 0.3 is 0 Å². The van der Waals surface area contributed by atoms with E-state index < -0.39 is 11.4 Å². The van der Waals surface area contributed by atoms with Crippen molar-refractivity contribution in [2.75, 3.05) is 0 Å². The van der Waals surface area contributed by atoms with E-state index in [0.717, 1.165) is 11.1 Å². The third-order valence-corrected chi connectivity index (χ3v) is 4.52. The Kier molecular flexibility index (Phi) is 4.72. The fourth-order valence-corrected chi connectivity index (χ4v) is 2.56. The topological polar surface area (TPSA) is 60.4 Å². The van der Waals surface area contributed by atoms with Gasteiger partial charge in [-0.25, -0.2) is 0 Å². The first-order valence-corrected chi connectivity index (χ1v) is 7.85. The van der Waals surface area contributed by atoms with Gasteiger partial charge in [-0.05, 0) is 33.9 Å². The smallest absolute Gasteiger partial charge is 0.123 e. The SMILES string of the molecule is CCC(C)(C(=O)[O-])c1cc(C(C)(C)C)c(O)c(C(C)(C)C)c1. The Morgan fingerprint density at radius 3 is 1.59 bits per heavy atom. The summed E-state index contributed by atoms with van der Waals surface area (Å²) in [5, 5.41) is 22.4. The highest BCUT2D eigenvalue weighted by Crippen LogP contribution is 2.42. The number of carboxylic acids is 1. The lowest BCUT2D eigenvalue weighted by Gasteiger charge is -2.35. The highest BCUT2D eigenvalue weighted by atomic mass is 16.4. The number of aliphatic carboxylic acids is 1. The van der Waals surface area contributed by atoms with Crippen LogP contribution >= 0.6 is 0 Å². The quantitative estimate of drug-likeness (QED) is 0.931. The second-order valence-corrected chi connectivity index (χ2v) is 8.39. The maximum Gasteiger partial charge on any atom is 0.123 e. The first-order chi connectivity index (χ1) is 9.75. The molecule has 1 rings (SSSR count). The van der Waals surface area contributed by atoms with Crippen LogP contribution in [0.3, 0.4) is 0 Å². The van der Waals surface area contributed by atoms with Gasteiger partial charge in [0.2, 0.25) is 0 Å². The number of hydrogen-bond acceptors (Lipinski definition) is 3. The molecule has 22 heavy (non-hydrogen) atoms. The number of aromatic hydroxyl groups is 1. The van der Waals surface area contributed by atoms with E-state index in [1.807, 2.05) is 60.6 Å². The molecule has 0 radical (unpaired) electrons. The molecule has 0 aliphatic carbocycles. The molecule has 1 unspecified atom stereocenters. The van der Waals surface area contributed by atoms with E-state index >= 15 is 0 Å². The summed E-state index contributed by atoms with van der Waals surface area (Å²) in [5.74, 6) is -0.819. The van der Waals surface area contributed by atoms with Crippen LogP contribution in [-0.2, 0) is 21.0 Å². The Balaban J connectivity index is 3.80. The number of rotatable bonds is 3. The Morgan fingerprint density at radius 2 is 1.36 bits per heavy atom. The van der Waals surface area contributed by atoms with Crippen molar-refractivity contribution in [3.05, 3.63) is 28.8 Å². The average molecular weight is 305 g/mol. The van der Waals surface area contributed by atoms with Crippen LogP contribution < -0.4 is 5.11 Å². The fraction of sp³-hybridized carbons (Fsp3) is 0.632. The number of hydrogen-bond donors (Lipinski definition) is 1. The predicted molar refractivity (Wildman–Crippen MR) is 88.2 cm³/mol. The highest BCUT2D eigenvalue weighted by Gasteiger charge is 2.32. The van der Waals surface area contributed by atoms with Gasteiger partial charge in [0.25, 0.3) is 0 Å². The number of benzene rings is 1. The molecule has 0 amide bonds. The van der Waals surface area contributed by atoms with Crippen LogP contribution in [0, 0.1) is 0 Å². The molecule has 1 atom stereocenters. The molecule has 1 N–H and O–H groups in total. The van der Waals surface area contributed by atoms with Gasteiger partial charge in [-0.1, -0.05) is 67.5 Å². The van der Waals surface area contributed by atoms with Crippen molar-refractivity contribution in [3.8, 4) is 5.75 Å². The molecule has 3 heteroatoms. The number of phenolic OH excluding ortho intramolecular Hbond substituents is 1. The minimum Gasteiger partial charge on any atom is -0.549 e. The molecule has 0 spiro atoms. The zero-order chi connectivity index (χ0) is 17.5. The summed E-state index contributed by atoms with van der Waals surface area (Å²) in [4.78, 5) is 11.7. The van der Waals surface area contributed by atoms with Gasteiger partial charge < -0.3 is 15.0 Å². The first-order valence-electron chi connectivity index (χ1n) is 7.85. The van der Waals surface area contributed by atoms with Crippen LogP contribution in [-0.4, -0.2) is 11.1 Å². The Bertz CT molecular complexity index is 538. The summed E-state index contributed by atoms with van der Waals surface area (Å²) < 4.78 is 0. The molecule has 124 valence electrons. The van der Waals surface area contributed by atoms with Crippen LogP contribution in [0.2, 0.25) is 0 Å². The highest BCUT2D eigenvalue weighted by molar-refractivity contribution is 5.79. The number of carbonyl (C=O) groups excluding carboxylic acids is 1. The summed E-state index contributed by atoms with van der Waals surface area (Å²) in [6.07, 6.45) is 0.438. The van der Waals surface area contributed by atoms with Gasteiger partial charge in [0.05, 0.1) is 5.97 Å². The van der Waals surface area contributed by atoms with Gasteiger partial charge in [-0.15, -0.1) is 0 Å². The third kappa shape index (κ3) is 3.29. The lowest BCUT2D eigenvalue weighted by Crippen LogP contribution is -2.43. The number of carbonyl (C=O) groups is 1. The van der Waals surface area contributed by atoms with Gasteiger partial charge in [0.1, 0.15) is 5.75 Å². The summed E-state index contributed by atoms with van der Waals surface area (Å²) in [6, 6.07) is 3.65. The Hall–Kier alpha value is -1.51. The largest absolute Gasteiger partial charge is 0.549 e. The van der Waals surface area contributed by atoms with E-state index in [-0.39, 0.29) is 16.6 Å². The minimum atomic E-state index is -1.08. The molecule has 1 aromatic carbocycles. The molecule has 0 heterocycles. The van der Waals surface area contributed by atoms with Crippen LogP contribution in [0.1, 0.15) is 78.5 Å². The molecule has 1 aromatic rings. The van der Waals surface area contributed by atoms with Crippen LogP contribution in [0.4, 0.5) is 0 Å². The van der Waals surface area contributed by atoms with E-state index in [4.69, 9.17) is 0 Å². The molecular formula is C19H29O3-. The van der Waals surface area contributed by atoms with Crippen molar-refractivity contribution in [1.82, 2.24) is 0 Å². The lowest BCUT2D eigenvalue weighted by atomic mass is 9.72. The molecule has 0 fully saturated rings. The summed E-state index contributed by atoms with van der Waals surface area (Å²) in [5.41, 5.74) is 0.629. The monoisotopic (exact) mass is 305 g/mol. The Labute approximate surface area is 134 Å². The Morgan fingerprint density at radius 1 is 1.00 bits per heavy atom. The first kappa shape index (κ1) is 18.5. The van der Waals surface area contributed by atoms with E-state index in [2.05, 4.69) is 0 Å². The predicted octanol–water partition coefficient (Wildman–Crippen LogP) is 3.40. The molecule has 0 saturated heterocycles. The zero-order valence-corrected chi connectivity index (χ0v) is 15.1. The molecule has 3 nitrogen and oxygen atoms in total. The van der Waals surface area contributed by atoms with Gasteiger partial charge in [-0.3, -0.25) is 0 Å². The van der Waals surface area contributed by atoms with Crippen molar-refractivity contribution in [3.63, 3.8) is 0 Å². The summed E-state index contributed by atoms with van der Waals surface area (Å²) >= 11 is 0. The third-order valence-electron chi connectivity index (χ3n) is 4.52. The van der Waals surface area contributed by atoms with E-state index in [0.29, 0.717) is 12.0 Å². The van der Waals surface area contributed by atoms with Crippen molar-refractivity contribution >= 4 is 5.97 Å². The maximum atomic E-state index is 11.7. The van der Waals surface area contributed by atoms with Gasteiger partial charge in [-0.2, -0.15) is 0 Å². The molecule has 0 aliphatic heterocycles. The molecule has 0 aliphatic rings. The summed E-state index contributed by atoms with van der Waals surface area (Å²) in [6.45, 7) is 15.6. The minimum absolute atomic E-state index is 0.264. The van der Waals surface area contributed by atoms with E-state index in [1.165, 1.54) is 0 Å². The second-order valence-electron chi connectivity index (χ2n) is 8.39. The number of phenols is 1. The standard InChI is InChI=1S/C19H30O3/c1-9-19(8,16(21)22)12-10-13(17(2,3)4)15(20)14(11-12)18(5,6)7/h10-11,20H,9H2,1-8H3,(H,21,22)/p-1. The van der Waals surface area contributed by atoms with Crippen molar-refractivity contribution in [1.29, 1.82) is 0 Å². The van der Waals surface area contributed by atoms with Crippen molar-refractivity contribution in [2.45, 2.75) is 78.1 Å². The van der Waals surface area contributed by atoms with E-state index in [9.17, 15) is 15.0 Å². The average Bonchev–Trinajstić information content (AvgIpc) is 2.34. The van der Waals surface area contributed by atoms with Crippen LogP contribution in [0.25, 0.3) is 0 Å². The van der Waals surface area contributed by atoms with E-state index in [1.54, 1.807) is 6.92 Å². The van der Waals surface area contributed by atoms with Gasteiger partial charge in [0, 0.05) is 5.41 Å². The van der Waals surface area contributed by atoms with Crippen LogP contribution in [0.5, 0.6) is 5.75 Å². The zero-order valence-electron chi connectivity index (χ0n) is 15.1. The summed E-state index contributed by atoms with van der Waals surface area (Å²) in [7, 11) is 0. The molecular weight excluding hydrogens is 276 g/mol. The normalized spacial score (nSPS) is 15.5. The fourth-order valence-electron chi connectivity index (χ4n) is 2.56. The molecule has 0 aromatic heterocycles. The lowest BCUT2D eigenvalue weighted by molar-refractivity contribution is -0.313. The van der Waals surface area contributed by atoms with Gasteiger partial charge in [0.15, 0.2) is 0 Å². The second kappa shape index (κ2) is 5.60.